The van der Waals surface area contributed by atoms with Crippen molar-refractivity contribution in [1.82, 2.24) is 10.6 Å². The molecule has 2 amide bonds. The number of rotatable bonds is 17. The number of hydrogen-bond donors (Lipinski definition) is 2. The van der Waals surface area contributed by atoms with Crippen molar-refractivity contribution in [3.63, 3.8) is 0 Å². The van der Waals surface area contributed by atoms with Crippen molar-refractivity contribution < 1.29 is 38.1 Å². The minimum Gasteiger partial charge on any atom is -0.460 e. The number of nitrogens with one attached hydrogen (secondary N) is 2. The third-order valence-electron chi connectivity index (χ3n) is 4.82. The number of unbranched alkanes of at least 4 members (excludes halogenated alkanes) is 1. The van der Waals surface area contributed by atoms with Crippen LogP contribution in [0.2, 0.25) is 0 Å². The van der Waals surface area contributed by atoms with E-state index < -0.39 is 29.7 Å². The summed E-state index contributed by atoms with van der Waals surface area (Å²) in [5, 5.41) is 5.21. The lowest BCUT2D eigenvalue weighted by atomic mass is 10.0. The maximum atomic E-state index is 12.6. The first-order chi connectivity index (χ1) is 16.0. The Hall–Kier alpha value is -2.88. The molecule has 0 aliphatic rings. The predicted molar refractivity (Wildman–Crippen MR) is 127 cm³/mol. The molecule has 0 aromatic carbocycles. The van der Waals surface area contributed by atoms with Crippen molar-refractivity contribution >= 4 is 23.9 Å². The van der Waals surface area contributed by atoms with Gasteiger partial charge in [-0.2, -0.15) is 0 Å². The zero-order chi connectivity index (χ0) is 26.1. The Balaban J connectivity index is 4.66. The Bertz CT molecular complexity index is 722. The number of alkyl carbamates (subject to hydrolysis) is 1. The van der Waals surface area contributed by atoms with Crippen molar-refractivity contribution in [2.45, 2.75) is 72.0 Å². The van der Waals surface area contributed by atoms with Gasteiger partial charge in [-0.3, -0.25) is 4.79 Å². The zero-order valence-electron chi connectivity index (χ0n) is 21.1. The highest BCUT2D eigenvalue weighted by molar-refractivity contribution is 5.87. The Morgan fingerprint density at radius 2 is 1.44 bits per heavy atom. The molecule has 0 saturated carbocycles. The Morgan fingerprint density at radius 1 is 0.912 bits per heavy atom. The van der Waals surface area contributed by atoms with E-state index >= 15 is 0 Å². The molecular formula is C24H40N2O8. The van der Waals surface area contributed by atoms with E-state index in [0.29, 0.717) is 12.8 Å². The minimum absolute atomic E-state index is 0.00727. The molecule has 0 aromatic rings. The van der Waals surface area contributed by atoms with Gasteiger partial charge >= 0.3 is 18.0 Å². The van der Waals surface area contributed by atoms with Crippen LogP contribution >= 0.6 is 0 Å². The van der Waals surface area contributed by atoms with E-state index in [2.05, 4.69) is 23.8 Å². The number of hydrogen-bond acceptors (Lipinski definition) is 8. The average Bonchev–Trinajstić information content (AvgIpc) is 2.80. The monoisotopic (exact) mass is 484 g/mol. The molecule has 10 heteroatoms. The molecule has 0 rings (SSSR count). The van der Waals surface area contributed by atoms with Gasteiger partial charge in [-0.1, -0.05) is 33.4 Å². The molecule has 10 nitrogen and oxygen atoms in total. The summed E-state index contributed by atoms with van der Waals surface area (Å²) < 4.78 is 21.2. The van der Waals surface area contributed by atoms with Gasteiger partial charge < -0.3 is 29.6 Å². The number of ether oxygens (including phenoxy) is 4. The summed E-state index contributed by atoms with van der Waals surface area (Å²) in [5.74, 6) is -1.41. The molecule has 0 bridgehead atoms. The van der Waals surface area contributed by atoms with Crippen LogP contribution in [0, 0.1) is 0 Å². The normalized spacial score (nSPS) is 13.1. The predicted octanol–water partition coefficient (Wildman–Crippen LogP) is 2.81. The summed E-state index contributed by atoms with van der Waals surface area (Å²) in [4.78, 5) is 47.5. The van der Waals surface area contributed by atoms with Gasteiger partial charge in [0.15, 0.2) is 0 Å². The number of amides is 2. The van der Waals surface area contributed by atoms with Crippen LogP contribution < -0.4 is 10.6 Å². The first-order valence-corrected chi connectivity index (χ1v) is 11.5. The second-order valence-corrected chi connectivity index (χ2v) is 8.08. The minimum atomic E-state index is -1.15. The van der Waals surface area contributed by atoms with Gasteiger partial charge in [0.05, 0.1) is 19.7 Å². The zero-order valence-corrected chi connectivity index (χ0v) is 21.1. The van der Waals surface area contributed by atoms with Crippen LogP contribution in [0.15, 0.2) is 24.3 Å². The van der Waals surface area contributed by atoms with Crippen LogP contribution in [0.3, 0.4) is 0 Å². The number of carbonyl (C=O) groups excluding carboxylic acids is 4. The molecular weight excluding hydrogens is 444 g/mol. The lowest BCUT2D eigenvalue weighted by molar-refractivity contribution is -0.150. The first kappa shape index (κ1) is 31.1. The van der Waals surface area contributed by atoms with Crippen LogP contribution in [0.5, 0.6) is 0 Å². The smallest absolute Gasteiger partial charge is 0.407 e. The molecule has 34 heavy (non-hydrogen) atoms. The third kappa shape index (κ3) is 13.0. The molecule has 194 valence electrons. The van der Waals surface area contributed by atoms with Gasteiger partial charge in [-0.25, -0.2) is 14.4 Å². The topological polar surface area (TPSA) is 129 Å². The van der Waals surface area contributed by atoms with E-state index in [0.717, 1.165) is 12.8 Å². The second kappa shape index (κ2) is 16.7. The molecule has 2 atom stereocenters. The fraction of sp³-hybridized carbons (Fsp3) is 0.667. The van der Waals surface area contributed by atoms with E-state index in [1.807, 2.05) is 13.8 Å². The van der Waals surface area contributed by atoms with Gasteiger partial charge in [0, 0.05) is 11.1 Å². The summed E-state index contributed by atoms with van der Waals surface area (Å²) in [5.41, 5.74) is -0.599. The molecule has 0 spiro atoms. The Labute approximate surface area is 202 Å². The summed E-state index contributed by atoms with van der Waals surface area (Å²) in [7, 11) is 0. The number of esters is 2. The summed E-state index contributed by atoms with van der Waals surface area (Å²) in [6.45, 7) is 15.8. The number of carbonyl (C=O) groups is 4. The van der Waals surface area contributed by atoms with Gasteiger partial charge in [-0.05, 0) is 40.0 Å². The third-order valence-corrected chi connectivity index (χ3v) is 4.82. The summed E-state index contributed by atoms with van der Waals surface area (Å²) in [6, 6.07) is 0. The van der Waals surface area contributed by atoms with E-state index in [4.69, 9.17) is 18.9 Å². The molecule has 0 fully saturated rings. The van der Waals surface area contributed by atoms with Gasteiger partial charge in [0.25, 0.3) is 5.91 Å². The molecule has 2 N–H and O–H groups in total. The van der Waals surface area contributed by atoms with Crippen LogP contribution in [0.25, 0.3) is 0 Å². The standard InChI is InChI=1S/C24H40N2O8/c1-8-10-11-19(34-23(30)26-13-15-32-21(28)18(5)6)16-33-24(7,9-2)22(29)25-12-14-31-20(27)17(3)4/h19H,3,5,8-16H2,1-2,4,6-7H3,(H,25,29)(H,26,30). The summed E-state index contributed by atoms with van der Waals surface area (Å²) >= 11 is 0. The highest BCUT2D eigenvalue weighted by Gasteiger charge is 2.33. The van der Waals surface area contributed by atoms with Gasteiger partial charge in [0.1, 0.15) is 24.9 Å². The molecule has 0 aliphatic heterocycles. The molecule has 2 unspecified atom stereocenters. The molecule has 0 aliphatic carbocycles. The van der Waals surface area contributed by atoms with E-state index in [-0.39, 0.29) is 50.0 Å². The Morgan fingerprint density at radius 3 is 1.91 bits per heavy atom. The van der Waals surface area contributed by atoms with Crippen molar-refractivity contribution in [1.29, 1.82) is 0 Å². The quantitative estimate of drug-likeness (QED) is 0.140. The molecule has 0 heterocycles. The SMILES string of the molecule is C=C(C)C(=O)OCCNC(=O)OC(CCCC)COC(C)(CC)C(=O)NCCOC(=O)C(=C)C. The molecule has 0 aromatic heterocycles. The lowest BCUT2D eigenvalue weighted by Gasteiger charge is -2.29. The highest BCUT2D eigenvalue weighted by Crippen LogP contribution is 2.18. The first-order valence-electron chi connectivity index (χ1n) is 11.5. The van der Waals surface area contributed by atoms with E-state index in [1.54, 1.807) is 13.8 Å². The van der Waals surface area contributed by atoms with Crippen molar-refractivity contribution in [3.05, 3.63) is 24.3 Å². The van der Waals surface area contributed by atoms with Crippen molar-refractivity contribution in [3.8, 4) is 0 Å². The van der Waals surface area contributed by atoms with Crippen LogP contribution in [-0.4, -0.2) is 68.6 Å². The van der Waals surface area contributed by atoms with Crippen LogP contribution in [-0.2, 0) is 33.3 Å². The van der Waals surface area contributed by atoms with Crippen molar-refractivity contribution in [2.75, 3.05) is 32.9 Å². The van der Waals surface area contributed by atoms with Crippen LogP contribution in [0.4, 0.5) is 4.79 Å². The van der Waals surface area contributed by atoms with Crippen LogP contribution in [0.1, 0.15) is 60.3 Å². The fourth-order valence-corrected chi connectivity index (χ4v) is 2.44. The Kier molecular flexibility index (Phi) is 15.3. The molecule has 0 radical (unpaired) electrons. The van der Waals surface area contributed by atoms with Gasteiger partial charge in [0.2, 0.25) is 0 Å². The highest BCUT2D eigenvalue weighted by atomic mass is 16.6. The average molecular weight is 485 g/mol. The van der Waals surface area contributed by atoms with E-state index in [9.17, 15) is 19.2 Å². The maximum Gasteiger partial charge on any atom is 0.407 e. The fourth-order valence-electron chi connectivity index (χ4n) is 2.44. The second-order valence-electron chi connectivity index (χ2n) is 8.08. The summed E-state index contributed by atoms with van der Waals surface area (Å²) in [6.07, 6.45) is 1.41. The van der Waals surface area contributed by atoms with Crippen molar-refractivity contribution in [2.24, 2.45) is 0 Å². The van der Waals surface area contributed by atoms with E-state index in [1.165, 1.54) is 6.92 Å². The van der Waals surface area contributed by atoms with Gasteiger partial charge in [-0.15, -0.1) is 0 Å². The maximum absolute atomic E-state index is 12.6. The lowest BCUT2D eigenvalue weighted by Crippen LogP contribution is -2.48. The largest absolute Gasteiger partial charge is 0.460 e. The molecule has 0 saturated heterocycles.